The van der Waals surface area contributed by atoms with Gasteiger partial charge in [-0.15, -0.1) is 10.2 Å². The average Bonchev–Trinajstić information content (AvgIpc) is 3.10. The summed E-state index contributed by atoms with van der Waals surface area (Å²) < 4.78 is 32.5. The molecule has 2 aromatic carbocycles. The summed E-state index contributed by atoms with van der Waals surface area (Å²) >= 11 is 7.04. The highest BCUT2D eigenvalue weighted by Gasteiger charge is 2.29. The minimum atomic E-state index is -0.694. The van der Waals surface area contributed by atoms with E-state index in [4.69, 9.17) is 0 Å². The van der Waals surface area contributed by atoms with Gasteiger partial charge in [-0.1, -0.05) is 6.07 Å². The molecule has 0 spiro atoms. The Kier molecular flexibility index (Phi) is 4.75. The van der Waals surface area contributed by atoms with E-state index in [2.05, 4.69) is 57.0 Å². The van der Waals surface area contributed by atoms with Gasteiger partial charge in [0.15, 0.2) is 11.6 Å². The molecule has 4 aromatic rings. The highest BCUT2D eigenvalue weighted by molar-refractivity contribution is 9.13. The summed E-state index contributed by atoms with van der Waals surface area (Å²) in [5.74, 6) is -0.389. The lowest BCUT2D eigenvalue weighted by molar-refractivity contribution is 0.579. The Balaban J connectivity index is 1.84. The maximum atomic E-state index is 14.7. The van der Waals surface area contributed by atoms with Crippen LogP contribution in [0.1, 0.15) is 17.0 Å². The summed E-state index contributed by atoms with van der Waals surface area (Å²) in [6, 6.07) is 9.12. The summed E-state index contributed by atoms with van der Waals surface area (Å²) in [5.41, 5.74) is 1.70. The molecule has 3 heterocycles. The van der Waals surface area contributed by atoms with Crippen LogP contribution in [-0.2, 0) is 6.54 Å². The molecule has 0 bridgehead atoms. The van der Waals surface area contributed by atoms with Crippen LogP contribution in [0.2, 0.25) is 0 Å². The van der Waals surface area contributed by atoms with Crippen LogP contribution < -0.4 is 0 Å². The molecule has 6 nitrogen and oxygen atoms in total. The Labute approximate surface area is 186 Å². The Morgan fingerprint density at radius 2 is 1.73 bits per heavy atom. The fourth-order valence-corrected chi connectivity index (χ4v) is 4.22. The van der Waals surface area contributed by atoms with Crippen LogP contribution in [0.5, 0.6) is 0 Å². The first kappa shape index (κ1) is 19.1. The van der Waals surface area contributed by atoms with E-state index in [1.54, 1.807) is 16.8 Å². The number of aromatic nitrogens is 5. The molecule has 0 saturated carbocycles. The molecule has 30 heavy (non-hydrogen) atoms. The van der Waals surface area contributed by atoms with E-state index in [9.17, 15) is 8.78 Å². The number of halogens is 4. The van der Waals surface area contributed by atoms with E-state index in [0.29, 0.717) is 37.5 Å². The normalized spacial score (nSPS) is 12.7. The van der Waals surface area contributed by atoms with Crippen LogP contribution in [0.3, 0.4) is 0 Å². The monoisotopic (exact) mass is 530 g/mol. The molecule has 1 aliphatic rings. The molecule has 0 unspecified atom stereocenters. The lowest BCUT2D eigenvalue weighted by Crippen LogP contribution is -2.13. The first-order chi connectivity index (χ1) is 14.6. The van der Waals surface area contributed by atoms with Gasteiger partial charge in [-0.05, 0) is 62.2 Å². The van der Waals surface area contributed by atoms with E-state index in [1.165, 1.54) is 24.5 Å². The Morgan fingerprint density at radius 3 is 2.47 bits per heavy atom. The highest BCUT2D eigenvalue weighted by Crippen LogP contribution is 2.37. The Hall–Kier alpha value is -2.85. The summed E-state index contributed by atoms with van der Waals surface area (Å²) in [7, 11) is 0. The second-order valence-corrected chi connectivity index (χ2v) is 8.03. The van der Waals surface area contributed by atoms with Gasteiger partial charge in [0.25, 0.3) is 0 Å². The smallest absolute Gasteiger partial charge is 0.187 e. The summed E-state index contributed by atoms with van der Waals surface area (Å²) in [4.78, 5) is 12.7. The van der Waals surface area contributed by atoms with Crippen LogP contribution in [0, 0.1) is 11.6 Å². The molecular formula is C20H10Br2F2N6. The molecule has 0 saturated heterocycles. The minimum Gasteiger partial charge on any atom is -0.276 e. The number of benzene rings is 2. The number of nitrogens with zero attached hydrogens (tertiary/aromatic N) is 6. The van der Waals surface area contributed by atoms with Crippen LogP contribution in [-0.4, -0.2) is 30.4 Å². The third-order valence-corrected chi connectivity index (χ3v) is 6.69. The molecule has 1 aliphatic heterocycles. The molecule has 0 radical (unpaired) electrons. The maximum Gasteiger partial charge on any atom is 0.187 e. The molecule has 5 rings (SSSR count). The van der Waals surface area contributed by atoms with Gasteiger partial charge in [0.1, 0.15) is 30.2 Å². The largest absolute Gasteiger partial charge is 0.276 e. The maximum absolute atomic E-state index is 14.7. The van der Waals surface area contributed by atoms with Gasteiger partial charge in [0, 0.05) is 20.7 Å². The van der Waals surface area contributed by atoms with Crippen molar-refractivity contribution in [3.05, 3.63) is 86.5 Å². The molecule has 10 heteroatoms. The standard InChI is InChI=1S/C20H10Br2F2N6/c21-10-4-5-14-17(18(10)22)19(16-11(23)2-1-3-12(16)24)26-8-15-28-29-20(30(14)15)13-6-7-25-9-27-13/h1-7,9H,8H2. The van der Waals surface area contributed by atoms with Gasteiger partial charge in [-0.2, -0.15) is 0 Å². The third kappa shape index (κ3) is 2.98. The fraction of sp³-hybridized carbons (Fsp3) is 0.0500. The second-order valence-electron chi connectivity index (χ2n) is 6.39. The van der Waals surface area contributed by atoms with E-state index >= 15 is 0 Å². The van der Waals surface area contributed by atoms with Gasteiger partial charge in [-0.25, -0.2) is 18.7 Å². The second kappa shape index (κ2) is 7.44. The van der Waals surface area contributed by atoms with Gasteiger partial charge in [0.2, 0.25) is 0 Å². The molecule has 0 N–H and O–H groups in total. The third-order valence-electron chi connectivity index (χ3n) is 4.67. The van der Waals surface area contributed by atoms with Gasteiger partial charge in [0.05, 0.1) is 17.0 Å². The van der Waals surface area contributed by atoms with Crippen LogP contribution in [0.25, 0.3) is 17.2 Å². The molecule has 2 aromatic heterocycles. The quantitative estimate of drug-likeness (QED) is 0.370. The zero-order valence-corrected chi connectivity index (χ0v) is 18.2. The lowest BCUT2D eigenvalue weighted by atomic mass is 9.99. The molecule has 0 amide bonds. The van der Waals surface area contributed by atoms with Crippen molar-refractivity contribution < 1.29 is 8.78 Å². The number of fused-ring (bicyclic) bond motifs is 3. The highest BCUT2D eigenvalue weighted by atomic mass is 79.9. The Morgan fingerprint density at radius 1 is 0.933 bits per heavy atom. The predicted molar refractivity (Wildman–Crippen MR) is 113 cm³/mol. The van der Waals surface area contributed by atoms with E-state index in [1.807, 2.05) is 12.1 Å². The summed E-state index contributed by atoms with van der Waals surface area (Å²) in [6.07, 6.45) is 3.03. The number of hydrogen-bond acceptors (Lipinski definition) is 5. The minimum absolute atomic E-state index is 0.0833. The number of aliphatic imine (C=N–C) groups is 1. The first-order valence-corrected chi connectivity index (χ1v) is 10.3. The molecule has 0 fully saturated rings. The van der Waals surface area contributed by atoms with E-state index in [0.717, 1.165) is 0 Å². The molecule has 0 atom stereocenters. The van der Waals surface area contributed by atoms with Crippen molar-refractivity contribution in [3.8, 4) is 17.2 Å². The van der Waals surface area contributed by atoms with Crippen molar-refractivity contribution in [2.45, 2.75) is 6.54 Å². The van der Waals surface area contributed by atoms with Crippen LogP contribution in [0.15, 0.2) is 62.9 Å². The van der Waals surface area contributed by atoms with Crippen LogP contribution >= 0.6 is 31.9 Å². The van der Waals surface area contributed by atoms with E-state index < -0.39 is 11.6 Å². The van der Waals surface area contributed by atoms with E-state index in [-0.39, 0.29) is 17.8 Å². The van der Waals surface area contributed by atoms with Crippen molar-refractivity contribution in [1.82, 2.24) is 24.7 Å². The number of rotatable bonds is 2. The van der Waals surface area contributed by atoms with Gasteiger partial charge < -0.3 is 0 Å². The van der Waals surface area contributed by atoms with Gasteiger partial charge in [-0.3, -0.25) is 9.56 Å². The fourth-order valence-electron chi connectivity index (χ4n) is 3.37. The lowest BCUT2D eigenvalue weighted by Gasteiger charge is -2.16. The first-order valence-electron chi connectivity index (χ1n) is 8.74. The average molecular weight is 532 g/mol. The van der Waals surface area contributed by atoms with Crippen molar-refractivity contribution in [3.63, 3.8) is 0 Å². The Bertz CT molecular complexity index is 1300. The number of hydrogen-bond donors (Lipinski definition) is 0. The van der Waals surface area contributed by atoms with Crippen molar-refractivity contribution in [2.75, 3.05) is 0 Å². The SMILES string of the molecule is Fc1cccc(F)c1C1=NCc2nnc(-c3ccncn3)n2-c2ccc(Br)c(Br)c21. The zero-order chi connectivity index (χ0) is 20.8. The predicted octanol–water partition coefficient (Wildman–Crippen LogP) is 4.88. The molecule has 0 aliphatic carbocycles. The molecule has 148 valence electrons. The van der Waals surface area contributed by atoms with Crippen LogP contribution in [0.4, 0.5) is 8.78 Å². The van der Waals surface area contributed by atoms with Gasteiger partial charge >= 0.3 is 0 Å². The van der Waals surface area contributed by atoms with Crippen molar-refractivity contribution in [1.29, 1.82) is 0 Å². The molecular weight excluding hydrogens is 522 g/mol. The topological polar surface area (TPSA) is 68.8 Å². The zero-order valence-electron chi connectivity index (χ0n) is 15.0. The summed E-state index contributed by atoms with van der Waals surface area (Å²) in [6.45, 7) is 0.0833. The summed E-state index contributed by atoms with van der Waals surface area (Å²) in [5, 5.41) is 8.52. The van der Waals surface area contributed by atoms with Crippen molar-refractivity contribution in [2.24, 2.45) is 4.99 Å². The van der Waals surface area contributed by atoms with Crippen molar-refractivity contribution >= 4 is 37.6 Å².